The second kappa shape index (κ2) is 2.67. The molecule has 0 aliphatic carbocycles. The Labute approximate surface area is 78.1 Å². The maximum Gasteiger partial charge on any atom is 0.254 e. The highest BCUT2D eigenvalue weighted by Gasteiger charge is 2.81. The molecule has 2 aliphatic rings. The van der Waals surface area contributed by atoms with Crippen molar-refractivity contribution in [3.05, 3.63) is 0 Å². The summed E-state index contributed by atoms with van der Waals surface area (Å²) in [5, 5.41) is 0. The molecule has 4 nitrogen and oxygen atoms in total. The van der Waals surface area contributed by atoms with Crippen LogP contribution in [0.1, 0.15) is 20.3 Å². The lowest BCUT2D eigenvalue weighted by Gasteiger charge is -2.18. The molecule has 0 aromatic rings. The van der Waals surface area contributed by atoms with Crippen LogP contribution in [0.15, 0.2) is 0 Å². The minimum Gasteiger partial charge on any atom is -0.347 e. The SMILES string of the molecule is CCC1OC1(OC)C1(OC)OC1C. The van der Waals surface area contributed by atoms with Crippen LogP contribution < -0.4 is 0 Å². The largest absolute Gasteiger partial charge is 0.347 e. The van der Waals surface area contributed by atoms with Crippen LogP contribution in [0.3, 0.4) is 0 Å². The lowest BCUT2D eigenvalue weighted by Crippen LogP contribution is -2.41. The predicted molar refractivity (Wildman–Crippen MR) is 45.2 cm³/mol. The van der Waals surface area contributed by atoms with E-state index in [0.29, 0.717) is 0 Å². The summed E-state index contributed by atoms with van der Waals surface area (Å²) in [6, 6.07) is 0. The van der Waals surface area contributed by atoms with Gasteiger partial charge in [0.15, 0.2) is 0 Å². The molecule has 2 heterocycles. The molecule has 2 saturated heterocycles. The second-order valence-electron chi connectivity index (χ2n) is 3.52. The summed E-state index contributed by atoms with van der Waals surface area (Å²) in [6.45, 7) is 4.01. The molecule has 0 spiro atoms. The van der Waals surface area contributed by atoms with Crippen molar-refractivity contribution in [1.29, 1.82) is 0 Å². The Kier molecular flexibility index (Phi) is 1.93. The third-order valence-corrected chi connectivity index (χ3v) is 2.98. The molecule has 4 atom stereocenters. The van der Waals surface area contributed by atoms with E-state index in [4.69, 9.17) is 18.9 Å². The fourth-order valence-corrected chi connectivity index (χ4v) is 2.11. The first-order chi connectivity index (χ1) is 6.16. The van der Waals surface area contributed by atoms with Gasteiger partial charge in [-0.25, -0.2) is 0 Å². The van der Waals surface area contributed by atoms with Gasteiger partial charge < -0.3 is 18.9 Å². The Morgan fingerprint density at radius 2 is 1.69 bits per heavy atom. The van der Waals surface area contributed by atoms with Gasteiger partial charge in [-0.1, -0.05) is 6.92 Å². The van der Waals surface area contributed by atoms with E-state index in [1.807, 2.05) is 6.92 Å². The Morgan fingerprint density at radius 1 is 1.15 bits per heavy atom. The van der Waals surface area contributed by atoms with Crippen LogP contribution >= 0.6 is 0 Å². The first-order valence-corrected chi connectivity index (χ1v) is 4.62. The molecular weight excluding hydrogens is 172 g/mol. The van der Waals surface area contributed by atoms with Crippen molar-refractivity contribution in [1.82, 2.24) is 0 Å². The Bertz CT molecular complexity index is 216. The molecule has 0 aromatic heterocycles. The summed E-state index contributed by atoms with van der Waals surface area (Å²) < 4.78 is 21.7. The Hall–Kier alpha value is -0.160. The maximum absolute atomic E-state index is 5.52. The van der Waals surface area contributed by atoms with E-state index >= 15 is 0 Å². The third kappa shape index (κ3) is 0.944. The zero-order chi connectivity index (χ0) is 9.69. The zero-order valence-corrected chi connectivity index (χ0v) is 8.49. The Balaban J connectivity index is 2.15. The maximum atomic E-state index is 5.52. The van der Waals surface area contributed by atoms with Gasteiger partial charge >= 0.3 is 0 Å². The summed E-state index contributed by atoms with van der Waals surface area (Å²) in [7, 11) is 3.25. The molecule has 4 unspecified atom stereocenters. The molecule has 0 aromatic carbocycles. The minimum absolute atomic E-state index is 0.0500. The fourth-order valence-electron chi connectivity index (χ4n) is 2.11. The van der Waals surface area contributed by atoms with Crippen molar-refractivity contribution in [2.24, 2.45) is 0 Å². The van der Waals surface area contributed by atoms with E-state index < -0.39 is 11.6 Å². The van der Waals surface area contributed by atoms with Crippen molar-refractivity contribution in [3.63, 3.8) is 0 Å². The van der Waals surface area contributed by atoms with Gasteiger partial charge in [-0.2, -0.15) is 0 Å². The molecular formula is C9H16O4. The molecule has 0 amide bonds. The van der Waals surface area contributed by atoms with Crippen LogP contribution in [-0.2, 0) is 18.9 Å². The van der Waals surface area contributed by atoms with E-state index in [9.17, 15) is 0 Å². The highest BCUT2D eigenvalue weighted by atomic mass is 16.9. The van der Waals surface area contributed by atoms with Crippen LogP contribution in [0.5, 0.6) is 0 Å². The monoisotopic (exact) mass is 188 g/mol. The quantitative estimate of drug-likeness (QED) is 0.615. The number of epoxide rings is 2. The van der Waals surface area contributed by atoms with E-state index in [1.54, 1.807) is 14.2 Å². The van der Waals surface area contributed by atoms with Gasteiger partial charge in [0.1, 0.15) is 12.2 Å². The summed E-state index contributed by atoms with van der Waals surface area (Å²) in [5.74, 6) is -1.32. The first kappa shape index (κ1) is 9.40. The molecule has 2 aliphatic heterocycles. The van der Waals surface area contributed by atoms with Gasteiger partial charge in [-0.15, -0.1) is 0 Å². The Morgan fingerprint density at radius 3 is 1.92 bits per heavy atom. The standard InChI is InChI=1S/C9H16O4/c1-5-7-9(11-4,13-7)8(10-3)6(2)12-8/h6-7H,5H2,1-4H3. The normalized spacial score (nSPS) is 53.5. The van der Waals surface area contributed by atoms with Gasteiger partial charge in [0.2, 0.25) is 0 Å². The van der Waals surface area contributed by atoms with Crippen molar-refractivity contribution in [3.8, 4) is 0 Å². The van der Waals surface area contributed by atoms with Gasteiger partial charge in [-0.3, -0.25) is 0 Å². The summed E-state index contributed by atoms with van der Waals surface area (Å²) in [5.41, 5.74) is 0. The molecule has 0 N–H and O–H groups in total. The van der Waals surface area contributed by atoms with Crippen LogP contribution in [-0.4, -0.2) is 38.0 Å². The number of methoxy groups -OCH3 is 2. The molecule has 0 bridgehead atoms. The lowest BCUT2D eigenvalue weighted by molar-refractivity contribution is -0.175. The van der Waals surface area contributed by atoms with Gasteiger partial charge in [-0.05, 0) is 13.3 Å². The van der Waals surface area contributed by atoms with Crippen molar-refractivity contribution < 1.29 is 18.9 Å². The summed E-state index contributed by atoms with van der Waals surface area (Å²) in [6.07, 6.45) is 1.06. The highest BCUT2D eigenvalue weighted by molar-refractivity contribution is 5.15. The van der Waals surface area contributed by atoms with E-state index in [0.717, 1.165) is 6.42 Å². The molecule has 0 radical (unpaired) electrons. The first-order valence-electron chi connectivity index (χ1n) is 4.62. The van der Waals surface area contributed by atoms with Crippen LogP contribution in [0.2, 0.25) is 0 Å². The predicted octanol–water partition coefficient (Wildman–Crippen LogP) is 0.899. The number of hydrogen-bond donors (Lipinski definition) is 0. The number of ether oxygens (including phenoxy) is 4. The van der Waals surface area contributed by atoms with Crippen LogP contribution in [0.4, 0.5) is 0 Å². The second-order valence-corrected chi connectivity index (χ2v) is 3.52. The van der Waals surface area contributed by atoms with Gasteiger partial charge in [0.25, 0.3) is 11.6 Å². The van der Waals surface area contributed by atoms with Crippen LogP contribution in [0.25, 0.3) is 0 Å². The summed E-state index contributed by atoms with van der Waals surface area (Å²) >= 11 is 0. The smallest absolute Gasteiger partial charge is 0.254 e. The lowest BCUT2D eigenvalue weighted by atomic mass is 10.1. The van der Waals surface area contributed by atoms with E-state index in [-0.39, 0.29) is 12.2 Å². The minimum atomic E-state index is -0.664. The highest BCUT2D eigenvalue weighted by Crippen LogP contribution is 2.59. The van der Waals surface area contributed by atoms with Crippen molar-refractivity contribution >= 4 is 0 Å². The molecule has 2 fully saturated rings. The molecule has 4 heteroatoms. The van der Waals surface area contributed by atoms with Gasteiger partial charge in [0.05, 0.1) is 0 Å². The molecule has 2 rings (SSSR count). The number of hydrogen-bond acceptors (Lipinski definition) is 4. The average molecular weight is 188 g/mol. The molecule has 0 saturated carbocycles. The molecule has 76 valence electrons. The van der Waals surface area contributed by atoms with Crippen molar-refractivity contribution in [2.45, 2.75) is 44.1 Å². The number of rotatable bonds is 4. The van der Waals surface area contributed by atoms with Crippen molar-refractivity contribution in [2.75, 3.05) is 14.2 Å². The van der Waals surface area contributed by atoms with E-state index in [2.05, 4.69) is 6.92 Å². The third-order valence-electron chi connectivity index (χ3n) is 2.98. The van der Waals surface area contributed by atoms with E-state index in [1.165, 1.54) is 0 Å². The fraction of sp³-hybridized carbons (Fsp3) is 1.00. The average Bonchev–Trinajstić information content (AvgIpc) is 3.00. The summed E-state index contributed by atoms with van der Waals surface area (Å²) in [4.78, 5) is 0. The molecule has 13 heavy (non-hydrogen) atoms. The van der Waals surface area contributed by atoms with Crippen LogP contribution in [0, 0.1) is 0 Å². The zero-order valence-electron chi connectivity index (χ0n) is 8.49. The topological polar surface area (TPSA) is 43.5 Å². The van der Waals surface area contributed by atoms with Gasteiger partial charge in [0, 0.05) is 14.2 Å².